The standard InChI is InChI=1S/C15H19N3O2/c1-9-5-6-10(11(19)7-9)14(20)16-13-8-12(17-18-13)15(2,3)4/h5-8,19H,1-4H3,(H2,16,17,18,20). The Morgan fingerprint density at radius 2 is 2.00 bits per heavy atom. The number of aromatic amines is 1. The second-order valence-electron chi connectivity index (χ2n) is 5.89. The monoisotopic (exact) mass is 273 g/mol. The highest BCUT2D eigenvalue weighted by atomic mass is 16.3. The van der Waals surface area contributed by atoms with Gasteiger partial charge in [0, 0.05) is 17.2 Å². The van der Waals surface area contributed by atoms with E-state index in [1.165, 1.54) is 0 Å². The molecule has 1 amide bonds. The number of aromatic hydroxyl groups is 1. The highest BCUT2D eigenvalue weighted by molar-refractivity contribution is 6.05. The average molecular weight is 273 g/mol. The molecular weight excluding hydrogens is 254 g/mol. The van der Waals surface area contributed by atoms with Crippen LogP contribution >= 0.6 is 0 Å². The molecule has 0 aliphatic heterocycles. The molecule has 20 heavy (non-hydrogen) atoms. The second kappa shape index (κ2) is 5.00. The molecule has 0 fully saturated rings. The molecule has 0 bridgehead atoms. The van der Waals surface area contributed by atoms with Crippen molar-refractivity contribution in [2.24, 2.45) is 0 Å². The van der Waals surface area contributed by atoms with Crippen molar-refractivity contribution in [3.05, 3.63) is 41.1 Å². The van der Waals surface area contributed by atoms with Crippen molar-refractivity contribution in [3.8, 4) is 5.75 Å². The Morgan fingerprint density at radius 3 is 2.55 bits per heavy atom. The van der Waals surface area contributed by atoms with Crippen molar-refractivity contribution in [3.63, 3.8) is 0 Å². The van der Waals surface area contributed by atoms with Gasteiger partial charge in [-0.1, -0.05) is 26.8 Å². The van der Waals surface area contributed by atoms with Crippen molar-refractivity contribution in [2.45, 2.75) is 33.1 Å². The topological polar surface area (TPSA) is 78.0 Å². The third kappa shape index (κ3) is 2.99. The Kier molecular flexibility index (Phi) is 3.53. The molecule has 3 N–H and O–H groups in total. The maximum Gasteiger partial charge on any atom is 0.260 e. The number of hydrogen-bond acceptors (Lipinski definition) is 3. The van der Waals surface area contributed by atoms with Gasteiger partial charge >= 0.3 is 0 Å². The van der Waals surface area contributed by atoms with Gasteiger partial charge in [0.25, 0.3) is 5.91 Å². The molecule has 0 spiro atoms. The van der Waals surface area contributed by atoms with Crippen LogP contribution in [-0.2, 0) is 5.41 Å². The van der Waals surface area contributed by atoms with Crippen LogP contribution in [0.4, 0.5) is 5.82 Å². The number of carbonyl (C=O) groups is 1. The van der Waals surface area contributed by atoms with Gasteiger partial charge in [0.05, 0.1) is 5.56 Å². The molecule has 5 heteroatoms. The summed E-state index contributed by atoms with van der Waals surface area (Å²) in [5, 5.41) is 19.4. The van der Waals surface area contributed by atoms with Gasteiger partial charge in [0.15, 0.2) is 5.82 Å². The number of benzene rings is 1. The van der Waals surface area contributed by atoms with Crippen LogP contribution in [0.15, 0.2) is 24.3 Å². The van der Waals surface area contributed by atoms with E-state index in [0.29, 0.717) is 5.82 Å². The van der Waals surface area contributed by atoms with Crippen LogP contribution < -0.4 is 5.32 Å². The predicted octanol–water partition coefficient (Wildman–Crippen LogP) is 2.97. The number of amides is 1. The van der Waals surface area contributed by atoms with E-state index in [0.717, 1.165) is 11.3 Å². The number of phenols is 1. The van der Waals surface area contributed by atoms with Crippen molar-refractivity contribution in [2.75, 3.05) is 5.32 Å². The van der Waals surface area contributed by atoms with Crippen LogP contribution in [0.2, 0.25) is 0 Å². The summed E-state index contributed by atoms with van der Waals surface area (Å²) in [6, 6.07) is 6.72. The molecule has 1 aromatic carbocycles. The summed E-state index contributed by atoms with van der Waals surface area (Å²) in [7, 11) is 0. The summed E-state index contributed by atoms with van der Waals surface area (Å²) in [4.78, 5) is 12.1. The second-order valence-corrected chi connectivity index (χ2v) is 5.89. The quantitative estimate of drug-likeness (QED) is 0.787. The van der Waals surface area contributed by atoms with Crippen LogP contribution in [0.5, 0.6) is 5.75 Å². The summed E-state index contributed by atoms with van der Waals surface area (Å²) in [6.45, 7) is 8.01. The number of nitrogens with zero attached hydrogens (tertiary/aromatic N) is 1. The van der Waals surface area contributed by atoms with E-state index in [1.807, 2.05) is 6.92 Å². The minimum Gasteiger partial charge on any atom is -0.507 e. The zero-order valence-electron chi connectivity index (χ0n) is 12.1. The number of phenolic OH excluding ortho intramolecular Hbond substituents is 1. The van der Waals surface area contributed by atoms with Gasteiger partial charge in [0.2, 0.25) is 0 Å². The molecule has 0 aliphatic rings. The normalized spacial score (nSPS) is 11.4. The number of carbonyl (C=O) groups excluding carboxylic acids is 1. The lowest BCUT2D eigenvalue weighted by Gasteiger charge is -2.14. The maximum atomic E-state index is 12.1. The fraction of sp³-hybridized carbons (Fsp3) is 0.333. The molecule has 0 aliphatic carbocycles. The molecule has 2 rings (SSSR count). The Labute approximate surface area is 118 Å². The minimum absolute atomic E-state index is 0.0333. The first-order chi connectivity index (χ1) is 9.27. The molecular formula is C15H19N3O2. The van der Waals surface area contributed by atoms with E-state index in [2.05, 4.69) is 36.3 Å². The first-order valence-electron chi connectivity index (χ1n) is 6.44. The van der Waals surface area contributed by atoms with Gasteiger partial charge < -0.3 is 10.4 Å². The number of H-pyrrole nitrogens is 1. The van der Waals surface area contributed by atoms with Crippen LogP contribution in [0.25, 0.3) is 0 Å². The first-order valence-corrected chi connectivity index (χ1v) is 6.44. The summed E-state index contributed by atoms with van der Waals surface area (Å²) in [6.07, 6.45) is 0. The van der Waals surface area contributed by atoms with Gasteiger partial charge in [-0.05, 0) is 24.6 Å². The third-order valence-electron chi connectivity index (χ3n) is 3.03. The number of aryl methyl sites for hydroxylation is 1. The predicted molar refractivity (Wildman–Crippen MR) is 78.1 cm³/mol. The highest BCUT2D eigenvalue weighted by Gasteiger charge is 2.18. The lowest BCUT2D eigenvalue weighted by atomic mass is 9.92. The smallest absolute Gasteiger partial charge is 0.260 e. The Hall–Kier alpha value is -2.30. The summed E-state index contributed by atoms with van der Waals surface area (Å²) in [5.74, 6) is 0.0310. The Morgan fingerprint density at radius 1 is 1.30 bits per heavy atom. The SMILES string of the molecule is Cc1ccc(C(=O)Nc2cc(C(C)(C)C)[nH]n2)c(O)c1. The number of nitrogens with one attached hydrogen (secondary N) is 2. The summed E-state index contributed by atoms with van der Waals surface area (Å²) in [5.41, 5.74) is 1.99. The number of hydrogen-bond donors (Lipinski definition) is 3. The maximum absolute atomic E-state index is 12.1. The minimum atomic E-state index is -0.380. The van der Waals surface area contributed by atoms with Crippen LogP contribution in [0, 0.1) is 6.92 Å². The van der Waals surface area contributed by atoms with E-state index in [9.17, 15) is 9.90 Å². The summed E-state index contributed by atoms with van der Waals surface area (Å²) >= 11 is 0. The molecule has 5 nitrogen and oxygen atoms in total. The Bertz CT molecular complexity index is 639. The number of aromatic nitrogens is 2. The zero-order valence-corrected chi connectivity index (χ0v) is 12.1. The Balaban J connectivity index is 2.17. The number of anilines is 1. The fourth-order valence-electron chi connectivity index (χ4n) is 1.79. The van der Waals surface area contributed by atoms with Crippen molar-refractivity contribution < 1.29 is 9.90 Å². The van der Waals surface area contributed by atoms with Crippen molar-refractivity contribution >= 4 is 11.7 Å². The van der Waals surface area contributed by atoms with Gasteiger partial charge in [0.1, 0.15) is 5.75 Å². The number of rotatable bonds is 2. The zero-order chi connectivity index (χ0) is 14.9. The highest BCUT2D eigenvalue weighted by Crippen LogP contribution is 2.23. The van der Waals surface area contributed by atoms with Crippen LogP contribution in [0.1, 0.15) is 42.4 Å². The molecule has 2 aromatic rings. The van der Waals surface area contributed by atoms with Crippen LogP contribution in [-0.4, -0.2) is 21.2 Å². The molecule has 1 aromatic heterocycles. The average Bonchev–Trinajstić information content (AvgIpc) is 2.76. The first kappa shape index (κ1) is 14.1. The van der Waals surface area contributed by atoms with E-state index >= 15 is 0 Å². The van der Waals surface area contributed by atoms with E-state index in [1.54, 1.807) is 24.3 Å². The van der Waals surface area contributed by atoms with Gasteiger partial charge in [-0.15, -0.1) is 0 Å². The van der Waals surface area contributed by atoms with Crippen molar-refractivity contribution in [1.82, 2.24) is 10.2 Å². The molecule has 0 radical (unpaired) electrons. The molecule has 1 heterocycles. The van der Waals surface area contributed by atoms with E-state index in [-0.39, 0.29) is 22.6 Å². The largest absolute Gasteiger partial charge is 0.507 e. The van der Waals surface area contributed by atoms with Crippen molar-refractivity contribution in [1.29, 1.82) is 0 Å². The molecule has 0 saturated carbocycles. The molecule has 0 atom stereocenters. The molecule has 106 valence electrons. The lowest BCUT2D eigenvalue weighted by Crippen LogP contribution is -2.13. The summed E-state index contributed by atoms with van der Waals surface area (Å²) < 4.78 is 0. The van der Waals surface area contributed by atoms with E-state index < -0.39 is 0 Å². The van der Waals surface area contributed by atoms with E-state index in [4.69, 9.17) is 0 Å². The van der Waals surface area contributed by atoms with Gasteiger partial charge in [-0.25, -0.2) is 0 Å². The van der Waals surface area contributed by atoms with Gasteiger partial charge in [-0.3, -0.25) is 9.89 Å². The molecule has 0 unspecified atom stereocenters. The molecule has 0 saturated heterocycles. The van der Waals surface area contributed by atoms with Gasteiger partial charge in [-0.2, -0.15) is 5.10 Å². The third-order valence-corrected chi connectivity index (χ3v) is 3.03. The van der Waals surface area contributed by atoms with Crippen LogP contribution in [0.3, 0.4) is 0 Å². The lowest BCUT2D eigenvalue weighted by molar-refractivity contribution is 0.102. The fourth-order valence-corrected chi connectivity index (χ4v) is 1.79.